The number of amides is 1. The fraction of sp³-hybridized carbons (Fsp3) is 0.619. The van der Waals surface area contributed by atoms with E-state index in [9.17, 15) is 4.79 Å². The standard InChI is InChI=1S/C21H32N4O3/c1-3-6-20(26)24-17-8-4-7-16(13-17)14-23-21(22-2)25-10-12-28-19(15-25)18-9-5-11-27-18/h4,7-8,13,18-19H,3,5-6,9-12,14-15H2,1-2H3,(H,22,23)(H,24,26). The van der Waals surface area contributed by atoms with Crippen LogP contribution < -0.4 is 10.6 Å². The second-order valence-electron chi connectivity index (χ2n) is 7.31. The number of morpholine rings is 1. The van der Waals surface area contributed by atoms with Gasteiger partial charge >= 0.3 is 0 Å². The van der Waals surface area contributed by atoms with Gasteiger partial charge in [-0.1, -0.05) is 19.1 Å². The maximum atomic E-state index is 11.8. The number of aliphatic imine (C=N–C) groups is 1. The minimum Gasteiger partial charge on any atom is -0.375 e. The van der Waals surface area contributed by atoms with E-state index in [-0.39, 0.29) is 18.1 Å². The first kappa shape index (κ1) is 20.6. The zero-order chi connectivity index (χ0) is 19.8. The molecule has 2 aliphatic heterocycles. The van der Waals surface area contributed by atoms with Crippen molar-refractivity contribution in [3.8, 4) is 0 Å². The van der Waals surface area contributed by atoms with E-state index in [0.717, 1.165) is 56.2 Å². The predicted molar refractivity (Wildman–Crippen MR) is 110 cm³/mol. The Hall–Kier alpha value is -2.12. The van der Waals surface area contributed by atoms with Gasteiger partial charge < -0.3 is 25.0 Å². The summed E-state index contributed by atoms with van der Waals surface area (Å²) >= 11 is 0. The molecule has 0 saturated carbocycles. The van der Waals surface area contributed by atoms with Crippen LogP contribution in [0.15, 0.2) is 29.3 Å². The number of rotatable bonds is 6. The molecule has 1 amide bonds. The molecule has 2 heterocycles. The van der Waals surface area contributed by atoms with E-state index in [1.807, 2.05) is 31.2 Å². The van der Waals surface area contributed by atoms with Crippen LogP contribution in [0.3, 0.4) is 0 Å². The van der Waals surface area contributed by atoms with Crippen LogP contribution in [0.4, 0.5) is 5.69 Å². The Labute approximate surface area is 167 Å². The molecular formula is C21H32N4O3. The van der Waals surface area contributed by atoms with E-state index in [1.54, 1.807) is 7.05 Å². The Balaban J connectivity index is 1.54. The number of ether oxygens (including phenoxy) is 2. The highest BCUT2D eigenvalue weighted by molar-refractivity contribution is 5.90. The van der Waals surface area contributed by atoms with Gasteiger partial charge in [0, 0.05) is 45.4 Å². The minimum absolute atomic E-state index is 0.0527. The highest BCUT2D eigenvalue weighted by Gasteiger charge is 2.32. The lowest BCUT2D eigenvalue weighted by Crippen LogP contribution is -2.53. The molecule has 1 aromatic carbocycles. The highest BCUT2D eigenvalue weighted by atomic mass is 16.5. The molecule has 154 valence electrons. The van der Waals surface area contributed by atoms with Gasteiger partial charge in [-0.3, -0.25) is 9.79 Å². The molecule has 0 radical (unpaired) electrons. The van der Waals surface area contributed by atoms with Gasteiger partial charge in [-0.2, -0.15) is 0 Å². The van der Waals surface area contributed by atoms with Crippen LogP contribution in [0.5, 0.6) is 0 Å². The molecule has 0 bridgehead atoms. The van der Waals surface area contributed by atoms with Crippen molar-refractivity contribution in [2.24, 2.45) is 4.99 Å². The SMILES string of the molecule is CCCC(=O)Nc1cccc(CNC(=NC)N2CCOC(C3CCCO3)C2)c1. The molecule has 2 N–H and O–H groups in total. The second kappa shape index (κ2) is 10.4. The van der Waals surface area contributed by atoms with E-state index in [4.69, 9.17) is 9.47 Å². The molecule has 7 nitrogen and oxygen atoms in total. The summed E-state index contributed by atoms with van der Waals surface area (Å²) in [5.74, 6) is 0.920. The molecule has 7 heteroatoms. The average molecular weight is 389 g/mol. The van der Waals surface area contributed by atoms with Crippen molar-refractivity contribution < 1.29 is 14.3 Å². The van der Waals surface area contributed by atoms with Crippen molar-refractivity contribution in [2.75, 3.05) is 38.7 Å². The van der Waals surface area contributed by atoms with Crippen molar-refractivity contribution in [2.45, 2.75) is 51.4 Å². The third-order valence-electron chi connectivity index (χ3n) is 5.12. The largest absolute Gasteiger partial charge is 0.375 e. The third-order valence-corrected chi connectivity index (χ3v) is 5.12. The normalized spacial score (nSPS) is 22.9. The summed E-state index contributed by atoms with van der Waals surface area (Å²) in [6.45, 7) is 5.77. The Kier molecular flexibility index (Phi) is 7.68. The van der Waals surface area contributed by atoms with E-state index in [2.05, 4.69) is 20.5 Å². The molecule has 2 aliphatic rings. The second-order valence-corrected chi connectivity index (χ2v) is 7.31. The first-order chi connectivity index (χ1) is 13.7. The Morgan fingerprint density at radius 2 is 2.14 bits per heavy atom. The van der Waals surface area contributed by atoms with Crippen molar-refractivity contribution in [3.63, 3.8) is 0 Å². The summed E-state index contributed by atoms with van der Waals surface area (Å²) in [4.78, 5) is 18.5. The van der Waals surface area contributed by atoms with Gasteiger partial charge in [-0.25, -0.2) is 0 Å². The molecule has 2 atom stereocenters. The van der Waals surface area contributed by atoms with Crippen molar-refractivity contribution in [1.29, 1.82) is 0 Å². The minimum atomic E-state index is 0.0527. The van der Waals surface area contributed by atoms with Crippen molar-refractivity contribution >= 4 is 17.6 Å². The first-order valence-electron chi connectivity index (χ1n) is 10.3. The van der Waals surface area contributed by atoms with E-state index >= 15 is 0 Å². The van der Waals surface area contributed by atoms with E-state index in [1.165, 1.54) is 0 Å². The van der Waals surface area contributed by atoms with Crippen LogP contribution in [0.25, 0.3) is 0 Å². The summed E-state index contributed by atoms with van der Waals surface area (Å²) in [5.41, 5.74) is 1.93. The zero-order valence-corrected chi connectivity index (χ0v) is 16.9. The Bertz CT molecular complexity index is 673. The predicted octanol–water partition coefficient (Wildman–Crippen LogP) is 2.38. The number of carbonyl (C=O) groups excluding carboxylic acids is 1. The molecule has 1 aromatic rings. The number of nitrogens with zero attached hydrogens (tertiary/aromatic N) is 2. The third kappa shape index (κ3) is 5.69. The molecule has 3 rings (SSSR count). The number of guanidine groups is 1. The van der Waals surface area contributed by atoms with Crippen LogP contribution in [-0.4, -0.2) is 62.3 Å². The van der Waals surface area contributed by atoms with Gasteiger partial charge in [0.15, 0.2) is 5.96 Å². The number of benzene rings is 1. The fourth-order valence-electron chi connectivity index (χ4n) is 3.71. The van der Waals surface area contributed by atoms with E-state index in [0.29, 0.717) is 19.6 Å². The van der Waals surface area contributed by atoms with Crippen LogP contribution in [-0.2, 0) is 20.8 Å². The summed E-state index contributed by atoms with van der Waals surface area (Å²) in [6.07, 6.45) is 3.87. The molecule has 0 aromatic heterocycles. The van der Waals surface area contributed by atoms with Crippen LogP contribution in [0.1, 0.15) is 38.2 Å². The number of hydrogen-bond donors (Lipinski definition) is 2. The topological polar surface area (TPSA) is 75.2 Å². The summed E-state index contributed by atoms with van der Waals surface area (Å²) in [7, 11) is 1.81. The van der Waals surface area contributed by atoms with Crippen LogP contribution in [0, 0.1) is 0 Å². The molecule has 2 fully saturated rings. The highest BCUT2D eigenvalue weighted by Crippen LogP contribution is 2.21. The molecular weight excluding hydrogens is 356 g/mol. The van der Waals surface area contributed by atoms with Gasteiger partial charge in [0.2, 0.25) is 5.91 Å². The molecule has 28 heavy (non-hydrogen) atoms. The summed E-state index contributed by atoms with van der Waals surface area (Å²) in [5, 5.41) is 6.39. The lowest BCUT2D eigenvalue weighted by Gasteiger charge is -2.37. The number of nitrogens with one attached hydrogen (secondary N) is 2. The van der Waals surface area contributed by atoms with Crippen LogP contribution in [0.2, 0.25) is 0 Å². The monoisotopic (exact) mass is 388 g/mol. The lowest BCUT2D eigenvalue weighted by atomic mass is 10.1. The maximum Gasteiger partial charge on any atom is 0.224 e. The number of carbonyl (C=O) groups is 1. The van der Waals surface area contributed by atoms with E-state index < -0.39 is 0 Å². The quantitative estimate of drug-likeness (QED) is 0.578. The Morgan fingerprint density at radius 1 is 1.29 bits per heavy atom. The van der Waals surface area contributed by atoms with Gasteiger partial charge in [-0.15, -0.1) is 0 Å². The number of anilines is 1. The molecule has 2 saturated heterocycles. The molecule has 0 aliphatic carbocycles. The smallest absolute Gasteiger partial charge is 0.224 e. The van der Waals surface area contributed by atoms with Crippen LogP contribution >= 0.6 is 0 Å². The summed E-state index contributed by atoms with van der Waals surface area (Å²) < 4.78 is 11.7. The zero-order valence-electron chi connectivity index (χ0n) is 16.9. The average Bonchev–Trinajstić information content (AvgIpc) is 3.24. The van der Waals surface area contributed by atoms with Crippen molar-refractivity contribution in [3.05, 3.63) is 29.8 Å². The Morgan fingerprint density at radius 3 is 2.89 bits per heavy atom. The van der Waals surface area contributed by atoms with Gasteiger partial charge in [0.1, 0.15) is 6.10 Å². The van der Waals surface area contributed by atoms with Gasteiger partial charge in [0.05, 0.1) is 12.7 Å². The van der Waals surface area contributed by atoms with Crippen molar-refractivity contribution in [1.82, 2.24) is 10.2 Å². The summed E-state index contributed by atoms with van der Waals surface area (Å²) in [6, 6.07) is 7.93. The lowest BCUT2D eigenvalue weighted by molar-refractivity contribution is -0.116. The van der Waals surface area contributed by atoms with Gasteiger partial charge in [0.25, 0.3) is 0 Å². The molecule has 0 spiro atoms. The fourth-order valence-corrected chi connectivity index (χ4v) is 3.71. The number of hydrogen-bond acceptors (Lipinski definition) is 4. The molecule has 2 unspecified atom stereocenters. The first-order valence-corrected chi connectivity index (χ1v) is 10.3. The van der Waals surface area contributed by atoms with Gasteiger partial charge in [-0.05, 0) is 37.0 Å². The maximum absolute atomic E-state index is 11.8.